The van der Waals surface area contributed by atoms with E-state index >= 15 is 0 Å². The molecule has 0 aromatic heterocycles. The molecule has 0 saturated carbocycles. The molecule has 0 N–H and O–H groups in total. The molecule has 0 atom stereocenters. The van der Waals surface area contributed by atoms with Crippen molar-refractivity contribution >= 4 is 14.5 Å². The molecule has 0 heterocycles. The fourth-order valence-electron chi connectivity index (χ4n) is 0. The van der Waals surface area contributed by atoms with Crippen LogP contribution in [0.4, 0.5) is 0 Å². The molecule has 0 aliphatic rings. The zero-order chi connectivity index (χ0) is 3.58. The third kappa shape index (κ3) is 43.1. The van der Waals surface area contributed by atoms with Crippen LogP contribution in [0, 0.1) is 0 Å². The second-order valence-electron chi connectivity index (χ2n) is 0.204. The summed E-state index contributed by atoms with van der Waals surface area (Å²) in [5.74, 6) is 0. The van der Waals surface area contributed by atoms with E-state index in [1.54, 1.807) is 0 Å². The first-order chi connectivity index (χ1) is 1.73. The van der Waals surface area contributed by atoms with Gasteiger partial charge in [0.1, 0.15) is 0 Å². The Bertz CT molecular complexity index is 31.8. The Morgan fingerprint density at radius 2 is 1.17 bits per heavy atom. The molecule has 0 aliphatic carbocycles. The molecule has 0 rings (SSSR count). The van der Waals surface area contributed by atoms with Gasteiger partial charge in [-0.3, -0.25) is 0 Å². The van der Waals surface area contributed by atoms with Crippen molar-refractivity contribution in [2.24, 2.45) is 0 Å². The van der Waals surface area contributed by atoms with E-state index in [1.807, 2.05) is 0 Å². The fraction of sp³-hybridized carbons (Fsp3) is 0. The molecule has 0 amide bonds. The van der Waals surface area contributed by atoms with E-state index in [0.29, 0.717) is 0 Å². The standard InChI is InChI=1S/2Au.H2O3Se/c;;1-4(2)3/h;;(H2,1,2,3)/q2*+1;/p-2. The Morgan fingerprint density at radius 3 is 1.17 bits per heavy atom. The van der Waals surface area contributed by atoms with Crippen molar-refractivity contribution in [3.05, 3.63) is 0 Å². The van der Waals surface area contributed by atoms with E-state index in [-0.39, 0.29) is 44.8 Å². The molecule has 0 fully saturated rings. The quantitative estimate of drug-likeness (QED) is 0.323. The van der Waals surface area contributed by atoms with E-state index in [0.717, 1.165) is 0 Å². The second-order valence-corrected chi connectivity index (χ2v) is 1.06. The van der Waals surface area contributed by atoms with Crippen LogP contribution in [-0.2, 0) is 48.6 Å². The van der Waals surface area contributed by atoms with Crippen LogP contribution in [0.2, 0.25) is 0 Å². The predicted molar refractivity (Wildman–Crippen MR) is 6.44 cm³/mol. The Hall–Kier alpha value is 1.72. The molecule has 0 bridgehead atoms. The molecule has 0 aliphatic heterocycles. The maximum atomic E-state index is 8.54. The van der Waals surface area contributed by atoms with Gasteiger partial charge in [0.25, 0.3) is 0 Å². The molecule has 0 aromatic carbocycles. The summed E-state index contributed by atoms with van der Waals surface area (Å²) < 4.78 is 25.6. The number of rotatable bonds is 0. The molecule has 0 radical (unpaired) electrons. The Morgan fingerprint density at radius 1 is 1.17 bits per heavy atom. The summed E-state index contributed by atoms with van der Waals surface area (Å²) in [5, 5.41) is 0. The maximum Gasteiger partial charge on any atom is 1.00 e. The van der Waals surface area contributed by atoms with Gasteiger partial charge in [0.2, 0.25) is 0 Å². The van der Waals surface area contributed by atoms with Crippen LogP contribution >= 0.6 is 0 Å². The maximum absolute atomic E-state index is 8.54. The second kappa shape index (κ2) is 9.87. The molecule has 46 valence electrons. The van der Waals surface area contributed by atoms with Crippen molar-refractivity contribution in [1.82, 2.24) is 0 Å². The third-order valence-electron chi connectivity index (χ3n) is 0. The number of hydrogen-bond donors (Lipinski definition) is 0. The van der Waals surface area contributed by atoms with E-state index in [9.17, 15) is 0 Å². The third-order valence-corrected chi connectivity index (χ3v) is 0. The Balaban J connectivity index is -0.0000000450. The van der Waals surface area contributed by atoms with Gasteiger partial charge in [-0.2, -0.15) is 0 Å². The first-order valence-corrected chi connectivity index (χ1v) is 2.60. The van der Waals surface area contributed by atoms with E-state index in [4.69, 9.17) is 12.2 Å². The van der Waals surface area contributed by atoms with Crippen molar-refractivity contribution in [3.8, 4) is 0 Å². The van der Waals surface area contributed by atoms with Gasteiger partial charge in [0.15, 0.2) is 0 Å². The summed E-state index contributed by atoms with van der Waals surface area (Å²) in [7, 11) is 0. The van der Waals surface area contributed by atoms with Gasteiger partial charge in [-0.15, -0.1) is 0 Å². The topological polar surface area (TPSA) is 63.2 Å². The van der Waals surface area contributed by atoms with Crippen LogP contribution in [0.15, 0.2) is 0 Å². The van der Waals surface area contributed by atoms with Crippen LogP contribution in [-0.4, -0.2) is 14.5 Å². The Labute approximate surface area is 70.9 Å². The first-order valence-electron chi connectivity index (χ1n) is 0.500. The summed E-state index contributed by atoms with van der Waals surface area (Å²) in [4.78, 5) is 0. The summed E-state index contributed by atoms with van der Waals surface area (Å²) in [6.07, 6.45) is 0. The summed E-state index contributed by atoms with van der Waals surface area (Å²) >= 11 is -3.79. The summed E-state index contributed by atoms with van der Waals surface area (Å²) in [6, 6.07) is 0. The molecule has 0 aromatic rings. The fourth-order valence-corrected chi connectivity index (χ4v) is 0. The molecular formula is Au2O3Se. The van der Waals surface area contributed by atoms with Gasteiger partial charge < -0.3 is 0 Å². The molecule has 0 saturated heterocycles. The molecule has 0 spiro atoms. The van der Waals surface area contributed by atoms with E-state index in [2.05, 4.69) is 0 Å². The van der Waals surface area contributed by atoms with Crippen molar-refractivity contribution in [2.45, 2.75) is 0 Å². The predicted octanol–water partition coefficient (Wildman–Crippen LogP) is -2.88. The minimum Gasteiger partial charge on any atom is 1.00 e. The number of hydrogen-bond acceptors (Lipinski definition) is 3. The molecular weight excluding hydrogens is 521 g/mol. The molecule has 3 nitrogen and oxygen atoms in total. The average molecular weight is 521 g/mol. The summed E-state index contributed by atoms with van der Waals surface area (Å²) in [6.45, 7) is 0. The molecule has 6 heavy (non-hydrogen) atoms. The average Bonchev–Trinajstić information content (AvgIpc) is 0.811. The molecule has 6 heteroatoms. The van der Waals surface area contributed by atoms with Crippen LogP contribution in [0.1, 0.15) is 0 Å². The summed E-state index contributed by atoms with van der Waals surface area (Å²) in [5.41, 5.74) is 0. The van der Waals surface area contributed by atoms with Gasteiger partial charge in [-0.25, -0.2) is 0 Å². The van der Waals surface area contributed by atoms with Crippen LogP contribution in [0.25, 0.3) is 0 Å². The van der Waals surface area contributed by atoms with E-state index < -0.39 is 14.5 Å². The van der Waals surface area contributed by atoms with Gasteiger partial charge in [-0.05, 0) is 0 Å². The van der Waals surface area contributed by atoms with Gasteiger partial charge in [0, 0.05) is 0 Å². The molecule has 0 unspecified atom stereocenters. The van der Waals surface area contributed by atoms with Gasteiger partial charge in [-0.1, -0.05) is 0 Å². The van der Waals surface area contributed by atoms with Crippen LogP contribution < -0.4 is 8.38 Å². The van der Waals surface area contributed by atoms with Crippen molar-refractivity contribution < 1.29 is 57.0 Å². The Kier molecular flexibility index (Phi) is 25.7. The van der Waals surface area contributed by atoms with Crippen molar-refractivity contribution in [1.29, 1.82) is 0 Å². The zero-order valence-corrected chi connectivity index (χ0v) is 8.28. The smallest absolute Gasteiger partial charge is 1.00 e. The van der Waals surface area contributed by atoms with Crippen molar-refractivity contribution in [3.63, 3.8) is 0 Å². The monoisotopic (exact) mass is 522 g/mol. The van der Waals surface area contributed by atoms with Crippen molar-refractivity contribution in [2.75, 3.05) is 0 Å². The van der Waals surface area contributed by atoms with Crippen LogP contribution in [0.3, 0.4) is 0 Å². The SMILES string of the molecule is O=[Se]([O-])[O-].[Au+].[Au+]. The zero-order valence-electron chi connectivity index (χ0n) is 2.24. The largest absolute Gasteiger partial charge is 1.00 e. The minimum atomic E-state index is -3.79. The normalized spacial score (nSPS) is 5.83. The first kappa shape index (κ1) is 15.6. The van der Waals surface area contributed by atoms with Crippen LogP contribution in [0.5, 0.6) is 0 Å². The van der Waals surface area contributed by atoms with Gasteiger partial charge in [0.05, 0.1) is 0 Å². The van der Waals surface area contributed by atoms with Gasteiger partial charge >= 0.3 is 71.5 Å². The van der Waals surface area contributed by atoms with E-state index in [1.165, 1.54) is 0 Å². The minimum absolute atomic E-state index is 0.